The first kappa shape index (κ1) is 13.3. The van der Waals surface area contributed by atoms with Crippen molar-refractivity contribution in [2.75, 3.05) is 0 Å². The molecule has 0 aliphatic heterocycles. The maximum atomic E-state index is 4.81. The van der Waals surface area contributed by atoms with Crippen molar-refractivity contribution in [2.24, 2.45) is 0 Å². The molecule has 0 aliphatic carbocycles. The molecule has 1 aromatic heterocycles. The molecule has 2 nitrogen and oxygen atoms in total. The minimum Gasteiger partial charge on any atom is -0.345 e. The lowest BCUT2D eigenvalue weighted by Gasteiger charge is -2.19. The number of hydrogen-bond donors (Lipinski definition) is 1. The SMILES string of the molecule is CCCc1nc(C(C)(C)CC)[nH]c1CCC. The van der Waals surface area contributed by atoms with E-state index >= 15 is 0 Å². The van der Waals surface area contributed by atoms with Gasteiger partial charge in [-0.05, 0) is 19.3 Å². The molecule has 0 unspecified atom stereocenters. The van der Waals surface area contributed by atoms with E-state index in [1.165, 1.54) is 30.1 Å². The normalized spacial score (nSPS) is 12.1. The smallest absolute Gasteiger partial charge is 0.112 e. The Balaban J connectivity index is 3.00. The predicted molar refractivity (Wildman–Crippen MR) is 69.9 cm³/mol. The molecule has 16 heavy (non-hydrogen) atoms. The van der Waals surface area contributed by atoms with Gasteiger partial charge < -0.3 is 4.98 Å². The monoisotopic (exact) mass is 222 g/mol. The quantitative estimate of drug-likeness (QED) is 0.774. The van der Waals surface area contributed by atoms with Crippen molar-refractivity contribution in [1.82, 2.24) is 9.97 Å². The predicted octanol–water partition coefficient (Wildman–Crippen LogP) is 4.00. The third kappa shape index (κ3) is 2.87. The molecule has 0 spiro atoms. The third-order valence-electron chi connectivity index (χ3n) is 3.38. The van der Waals surface area contributed by atoms with Gasteiger partial charge in [0.05, 0.1) is 5.69 Å². The van der Waals surface area contributed by atoms with Crippen LogP contribution in [0.15, 0.2) is 0 Å². The van der Waals surface area contributed by atoms with E-state index in [1.807, 2.05) is 0 Å². The zero-order valence-corrected chi connectivity index (χ0v) is 11.5. The van der Waals surface area contributed by atoms with E-state index in [0.29, 0.717) is 0 Å². The van der Waals surface area contributed by atoms with Crippen molar-refractivity contribution >= 4 is 0 Å². The van der Waals surface area contributed by atoms with Gasteiger partial charge in [0.2, 0.25) is 0 Å². The summed E-state index contributed by atoms with van der Waals surface area (Å²) >= 11 is 0. The van der Waals surface area contributed by atoms with Crippen molar-refractivity contribution in [3.8, 4) is 0 Å². The Labute approximate surface area is 99.9 Å². The highest BCUT2D eigenvalue weighted by Gasteiger charge is 2.23. The molecule has 1 aromatic rings. The highest BCUT2D eigenvalue weighted by atomic mass is 15.0. The zero-order chi connectivity index (χ0) is 12.2. The molecular weight excluding hydrogens is 196 g/mol. The maximum absolute atomic E-state index is 4.81. The molecule has 1 rings (SSSR count). The summed E-state index contributed by atoms with van der Waals surface area (Å²) in [6.07, 6.45) is 5.71. The lowest BCUT2D eigenvalue weighted by atomic mass is 9.89. The van der Waals surface area contributed by atoms with E-state index in [2.05, 4.69) is 39.6 Å². The summed E-state index contributed by atoms with van der Waals surface area (Å²) in [6.45, 7) is 11.2. The molecule has 0 amide bonds. The summed E-state index contributed by atoms with van der Waals surface area (Å²) in [5.41, 5.74) is 2.83. The molecule has 0 fully saturated rings. The van der Waals surface area contributed by atoms with Crippen LogP contribution in [0.4, 0.5) is 0 Å². The van der Waals surface area contributed by atoms with Gasteiger partial charge >= 0.3 is 0 Å². The molecule has 0 aliphatic rings. The number of hydrogen-bond acceptors (Lipinski definition) is 1. The van der Waals surface area contributed by atoms with E-state index in [0.717, 1.165) is 19.3 Å². The first-order chi connectivity index (χ1) is 7.55. The van der Waals surface area contributed by atoms with Gasteiger partial charge in [-0.1, -0.05) is 47.5 Å². The van der Waals surface area contributed by atoms with Crippen LogP contribution in [0, 0.1) is 0 Å². The number of aromatic amines is 1. The number of aromatic nitrogens is 2. The van der Waals surface area contributed by atoms with Crippen molar-refractivity contribution in [1.29, 1.82) is 0 Å². The van der Waals surface area contributed by atoms with Crippen LogP contribution in [-0.4, -0.2) is 9.97 Å². The fourth-order valence-electron chi connectivity index (χ4n) is 1.83. The van der Waals surface area contributed by atoms with Crippen LogP contribution in [0.2, 0.25) is 0 Å². The Morgan fingerprint density at radius 1 is 1.06 bits per heavy atom. The van der Waals surface area contributed by atoms with Gasteiger partial charge in [-0.2, -0.15) is 0 Å². The molecule has 92 valence electrons. The van der Waals surface area contributed by atoms with Crippen molar-refractivity contribution in [2.45, 2.75) is 72.1 Å². The molecule has 0 saturated carbocycles. The number of H-pyrrole nitrogens is 1. The Kier molecular flexibility index (Phi) is 4.57. The Morgan fingerprint density at radius 2 is 1.69 bits per heavy atom. The number of nitrogens with one attached hydrogen (secondary N) is 1. The summed E-state index contributed by atoms with van der Waals surface area (Å²) in [7, 11) is 0. The summed E-state index contributed by atoms with van der Waals surface area (Å²) in [5.74, 6) is 1.17. The highest BCUT2D eigenvalue weighted by Crippen LogP contribution is 2.26. The second-order valence-electron chi connectivity index (χ2n) is 5.25. The van der Waals surface area contributed by atoms with E-state index in [9.17, 15) is 0 Å². The standard InChI is InChI=1S/C14H26N2/c1-6-9-11-12(10-7-2)16-13(15-11)14(4,5)8-3/h6-10H2,1-5H3,(H,15,16). The maximum Gasteiger partial charge on any atom is 0.112 e. The molecule has 1 heterocycles. The van der Waals surface area contributed by atoms with Gasteiger partial charge in [-0.15, -0.1) is 0 Å². The number of nitrogens with zero attached hydrogens (tertiary/aromatic N) is 1. The first-order valence-electron chi connectivity index (χ1n) is 6.63. The zero-order valence-electron chi connectivity index (χ0n) is 11.5. The molecule has 0 bridgehead atoms. The molecule has 0 saturated heterocycles. The van der Waals surface area contributed by atoms with Gasteiger partial charge in [0, 0.05) is 11.1 Å². The average Bonchev–Trinajstić information content (AvgIpc) is 2.64. The summed E-state index contributed by atoms with van der Waals surface area (Å²) in [6, 6.07) is 0. The number of rotatable bonds is 6. The highest BCUT2D eigenvalue weighted by molar-refractivity contribution is 5.19. The minimum atomic E-state index is 0.175. The van der Waals surface area contributed by atoms with E-state index in [1.54, 1.807) is 0 Å². The molecule has 0 radical (unpaired) electrons. The van der Waals surface area contributed by atoms with Crippen molar-refractivity contribution < 1.29 is 0 Å². The Morgan fingerprint density at radius 3 is 2.19 bits per heavy atom. The van der Waals surface area contributed by atoms with E-state index in [-0.39, 0.29) is 5.41 Å². The minimum absolute atomic E-state index is 0.175. The fraction of sp³-hybridized carbons (Fsp3) is 0.786. The topological polar surface area (TPSA) is 28.7 Å². The summed E-state index contributed by atoms with van der Waals surface area (Å²) in [4.78, 5) is 8.35. The lowest BCUT2D eigenvalue weighted by Crippen LogP contribution is -2.17. The second-order valence-corrected chi connectivity index (χ2v) is 5.25. The van der Waals surface area contributed by atoms with Gasteiger partial charge in [0.1, 0.15) is 5.82 Å². The van der Waals surface area contributed by atoms with E-state index < -0.39 is 0 Å². The molecule has 1 N–H and O–H groups in total. The number of aryl methyl sites for hydroxylation is 2. The van der Waals surface area contributed by atoms with Crippen LogP contribution in [0.25, 0.3) is 0 Å². The van der Waals surface area contributed by atoms with Gasteiger partial charge in [0.25, 0.3) is 0 Å². The first-order valence-corrected chi connectivity index (χ1v) is 6.63. The number of imidazole rings is 1. The molecular formula is C14H26N2. The van der Waals surface area contributed by atoms with Crippen molar-refractivity contribution in [3.63, 3.8) is 0 Å². The van der Waals surface area contributed by atoms with E-state index in [4.69, 9.17) is 4.98 Å². The molecule has 0 atom stereocenters. The van der Waals surface area contributed by atoms with Crippen LogP contribution in [0.5, 0.6) is 0 Å². The molecule has 2 heteroatoms. The van der Waals surface area contributed by atoms with Gasteiger partial charge in [0.15, 0.2) is 0 Å². The fourth-order valence-corrected chi connectivity index (χ4v) is 1.83. The second kappa shape index (κ2) is 5.51. The van der Waals surface area contributed by atoms with Gasteiger partial charge in [-0.25, -0.2) is 4.98 Å². The molecule has 0 aromatic carbocycles. The summed E-state index contributed by atoms with van der Waals surface area (Å²) < 4.78 is 0. The largest absolute Gasteiger partial charge is 0.345 e. The third-order valence-corrected chi connectivity index (χ3v) is 3.38. The van der Waals surface area contributed by atoms with Crippen LogP contribution >= 0.6 is 0 Å². The summed E-state index contributed by atoms with van der Waals surface area (Å²) in [5, 5.41) is 0. The Hall–Kier alpha value is -0.790. The average molecular weight is 222 g/mol. The van der Waals surface area contributed by atoms with Gasteiger partial charge in [-0.3, -0.25) is 0 Å². The van der Waals surface area contributed by atoms with Crippen molar-refractivity contribution in [3.05, 3.63) is 17.2 Å². The van der Waals surface area contributed by atoms with Crippen LogP contribution in [0.1, 0.15) is 71.1 Å². The lowest BCUT2D eigenvalue weighted by molar-refractivity contribution is 0.476. The van der Waals surface area contributed by atoms with Crippen LogP contribution in [-0.2, 0) is 18.3 Å². The van der Waals surface area contributed by atoms with Crippen LogP contribution in [0.3, 0.4) is 0 Å². The Bertz CT molecular complexity index is 300. The van der Waals surface area contributed by atoms with Crippen LogP contribution < -0.4 is 0 Å².